The highest BCUT2D eigenvalue weighted by molar-refractivity contribution is 7.99. The van der Waals surface area contributed by atoms with E-state index in [1.54, 1.807) is 16.7 Å². The van der Waals surface area contributed by atoms with Gasteiger partial charge in [-0.25, -0.2) is 0 Å². The van der Waals surface area contributed by atoms with Crippen LogP contribution in [0.4, 0.5) is 0 Å². The second-order valence-corrected chi connectivity index (χ2v) is 9.41. The van der Waals surface area contributed by atoms with E-state index in [1.165, 1.54) is 11.1 Å². The molecule has 0 aliphatic heterocycles. The van der Waals surface area contributed by atoms with Crippen LogP contribution < -0.4 is 5.32 Å². The molecule has 0 radical (unpaired) electrons. The zero-order chi connectivity index (χ0) is 24.2. The molecule has 2 amide bonds. The molecule has 178 valence electrons. The van der Waals surface area contributed by atoms with Gasteiger partial charge >= 0.3 is 0 Å². The Morgan fingerprint density at radius 2 is 1.50 bits per heavy atom. The highest BCUT2D eigenvalue weighted by atomic mass is 32.2. The molecule has 0 aliphatic carbocycles. The number of nitrogens with one attached hydrogen (secondary N) is 1. The fourth-order valence-corrected chi connectivity index (χ4v) is 4.79. The van der Waals surface area contributed by atoms with Gasteiger partial charge in [-0.15, -0.1) is 11.8 Å². The molecule has 0 aliphatic rings. The number of benzene rings is 3. The Hall–Kier alpha value is -3.05. The quantitative estimate of drug-likeness (QED) is 0.383. The lowest BCUT2D eigenvalue weighted by Gasteiger charge is -2.31. The van der Waals surface area contributed by atoms with Gasteiger partial charge in [0.2, 0.25) is 11.8 Å². The molecule has 3 rings (SSSR count). The summed E-state index contributed by atoms with van der Waals surface area (Å²) in [6, 6.07) is 27.5. The van der Waals surface area contributed by atoms with Gasteiger partial charge in [-0.3, -0.25) is 9.59 Å². The van der Waals surface area contributed by atoms with Crippen molar-refractivity contribution >= 4 is 23.6 Å². The summed E-state index contributed by atoms with van der Waals surface area (Å²) in [6.45, 7) is 5.12. The maximum Gasteiger partial charge on any atom is 0.243 e. The second-order valence-electron chi connectivity index (χ2n) is 8.42. The lowest BCUT2D eigenvalue weighted by molar-refractivity contribution is -0.139. The van der Waals surface area contributed by atoms with Crippen molar-refractivity contribution in [2.75, 3.05) is 12.3 Å². The smallest absolute Gasteiger partial charge is 0.243 e. The molecule has 34 heavy (non-hydrogen) atoms. The first-order valence-electron chi connectivity index (χ1n) is 11.9. The number of nitrogens with zero attached hydrogens (tertiary/aromatic N) is 1. The van der Waals surface area contributed by atoms with Crippen molar-refractivity contribution in [2.45, 2.75) is 45.0 Å². The van der Waals surface area contributed by atoms with Crippen LogP contribution in [0.3, 0.4) is 0 Å². The summed E-state index contributed by atoms with van der Waals surface area (Å²) in [5, 5.41) is 3.02. The number of hydrogen-bond donors (Lipinski definition) is 1. The number of rotatable bonds is 12. The first-order chi connectivity index (χ1) is 16.6. The summed E-state index contributed by atoms with van der Waals surface area (Å²) in [5.74, 6) is 0.977. The van der Waals surface area contributed by atoms with Crippen molar-refractivity contribution in [2.24, 2.45) is 0 Å². The van der Waals surface area contributed by atoms with E-state index in [0.717, 1.165) is 23.3 Å². The molecular weight excluding hydrogens is 440 g/mol. The van der Waals surface area contributed by atoms with Gasteiger partial charge in [0, 0.05) is 25.3 Å². The summed E-state index contributed by atoms with van der Waals surface area (Å²) in [7, 11) is 0. The van der Waals surface area contributed by atoms with E-state index >= 15 is 0 Å². The van der Waals surface area contributed by atoms with Gasteiger partial charge in [-0.1, -0.05) is 91.9 Å². The Morgan fingerprint density at radius 1 is 0.882 bits per heavy atom. The van der Waals surface area contributed by atoms with Gasteiger partial charge < -0.3 is 10.2 Å². The van der Waals surface area contributed by atoms with Gasteiger partial charge in [0.1, 0.15) is 6.04 Å². The zero-order valence-corrected chi connectivity index (χ0v) is 20.9. The molecule has 4 nitrogen and oxygen atoms in total. The van der Waals surface area contributed by atoms with Crippen molar-refractivity contribution in [3.05, 3.63) is 107 Å². The molecule has 0 heterocycles. The monoisotopic (exact) mass is 474 g/mol. The van der Waals surface area contributed by atoms with Crippen LogP contribution in [0.25, 0.3) is 0 Å². The Labute approximate surface area is 207 Å². The van der Waals surface area contributed by atoms with Crippen molar-refractivity contribution in [3.8, 4) is 0 Å². The van der Waals surface area contributed by atoms with E-state index in [9.17, 15) is 9.59 Å². The molecule has 0 saturated heterocycles. The normalized spacial score (nSPS) is 11.6. The number of thioether (sulfide) groups is 1. The molecule has 3 aromatic rings. The summed E-state index contributed by atoms with van der Waals surface area (Å²) in [5.41, 5.74) is 4.51. The highest BCUT2D eigenvalue weighted by Crippen LogP contribution is 2.20. The molecule has 0 bridgehead atoms. The van der Waals surface area contributed by atoms with Gasteiger partial charge in [0.15, 0.2) is 0 Å². The number of carbonyl (C=O) groups is 2. The van der Waals surface area contributed by atoms with Crippen molar-refractivity contribution in [1.29, 1.82) is 0 Å². The first-order valence-corrected chi connectivity index (χ1v) is 13.0. The fourth-order valence-electron chi connectivity index (χ4n) is 3.80. The third-order valence-electron chi connectivity index (χ3n) is 5.76. The minimum Gasteiger partial charge on any atom is -0.354 e. The molecule has 0 spiro atoms. The second kappa shape index (κ2) is 13.6. The Balaban J connectivity index is 1.81. The van der Waals surface area contributed by atoms with Crippen molar-refractivity contribution in [3.63, 3.8) is 0 Å². The van der Waals surface area contributed by atoms with Crippen LogP contribution in [0.5, 0.6) is 0 Å². The van der Waals surface area contributed by atoms with Crippen LogP contribution >= 0.6 is 11.8 Å². The lowest BCUT2D eigenvalue weighted by atomic mass is 10.0. The van der Waals surface area contributed by atoms with Gasteiger partial charge in [0.05, 0.1) is 5.75 Å². The predicted molar refractivity (Wildman–Crippen MR) is 142 cm³/mol. The van der Waals surface area contributed by atoms with Crippen LogP contribution in [0.1, 0.15) is 35.6 Å². The first kappa shape index (κ1) is 25.6. The van der Waals surface area contributed by atoms with Crippen LogP contribution in [-0.4, -0.2) is 35.1 Å². The van der Waals surface area contributed by atoms with E-state index in [4.69, 9.17) is 0 Å². The SMILES string of the molecule is CCCNC(=O)[C@H](Cc1ccccc1)N(Cc1ccccc1)C(=O)CSCc1ccccc1C. The highest BCUT2D eigenvalue weighted by Gasteiger charge is 2.30. The molecule has 3 aromatic carbocycles. The molecule has 0 unspecified atom stereocenters. The standard InChI is InChI=1S/C29H34N2O2S/c1-3-18-30-29(33)27(19-24-13-6-4-7-14-24)31(20-25-15-8-5-9-16-25)28(32)22-34-21-26-17-11-10-12-23(26)2/h4-17,27H,3,18-22H2,1-2H3,(H,30,33)/t27-/m0/s1. The minimum absolute atomic E-state index is 0.0185. The van der Waals surface area contributed by atoms with Gasteiger partial charge in [-0.2, -0.15) is 0 Å². The molecule has 1 atom stereocenters. The largest absolute Gasteiger partial charge is 0.354 e. The van der Waals surface area contributed by atoms with E-state index in [2.05, 4.69) is 24.4 Å². The fraction of sp³-hybridized carbons (Fsp3) is 0.310. The number of carbonyl (C=O) groups excluding carboxylic acids is 2. The average molecular weight is 475 g/mol. The maximum absolute atomic E-state index is 13.6. The van der Waals surface area contributed by atoms with Gasteiger partial charge in [-0.05, 0) is 35.6 Å². The summed E-state index contributed by atoms with van der Waals surface area (Å²) < 4.78 is 0. The Kier molecular flexibility index (Phi) is 10.2. The van der Waals surface area contributed by atoms with E-state index in [-0.39, 0.29) is 11.8 Å². The van der Waals surface area contributed by atoms with E-state index in [1.807, 2.05) is 79.7 Å². The van der Waals surface area contributed by atoms with Crippen LogP contribution in [-0.2, 0) is 28.3 Å². The van der Waals surface area contributed by atoms with Crippen LogP contribution in [0.15, 0.2) is 84.9 Å². The molecule has 0 fully saturated rings. The van der Waals surface area contributed by atoms with Crippen molar-refractivity contribution < 1.29 is 9.59 Å². The lowest BCUT2D eigenvalue weighted by Crippen LogP contribution is -2.51. The van der Waals surface area contributed by atoms with E-state index < -0.39 is 6.04 Å². The predicted octanol–water partition coefficient (Wildman–Crippen LogP) is 5.39. The molecule has 0 aromatic heterocycles. The number of amides is 2. The third-order valence-corrected chi connectivity index (χ3v) is 6.73. The van der Waals surface area contributed by atoms with E-state index in [0.29, 0.717) is 25.3 Å². The summed E-state index contributed by atoms with van der Waals surface area (Å²) in [4.78, 5) is 28.6. The summed E-state index contributed by atoms with van der Waals surface area (Å²) in [6.07, 6.45) is 1.33. The van der Waals surface area contributed by atoms with Crippen molar-refractivity contribution in [1.82, 2.24) is 10.2 Å². The summed E-state index contributed by atoms with van der Waals surface area (Å²) >= 11 is 1.60. The molecule has 1 N–H and O–H groups in total. The zero-order valence-electron chi connectivity index (χ0n) is 20.1. The van der Waals surface area contributed by atoms with Crippen LogP contribution in [0, 0.1) is 6.92 Å². The van der Waals surface area contributed by atoms with Gasteiger partial charge in [0.25, 0.3) is 0 Å². The van der Waals surface area contributed by atoms with Crippen LogP contribution in [0.2, 0.25) is 0 Å². The average Bonchev–Trinajstić information content (AvgIpc) is 2.87. The maximum atomic E-state index is 13.6. The Morgan fingerprint density at radius 3 is 2.15 bits per heavy atom. The number of aryl methyl sites for hydroxylation is 1. The third kappa shape index (κ3) is 7.77. The molecule has 5 heteroatoms. The topological polar surface area (TPSA) is 49.4 Å². The Bertz CT molecular complexity index is 1040. The molecule has 0 saturated carbocycles. The number of hydrogen-bond acceptors (Lipinski definition) is 3. The minimum atomic E-state index is -0.569. The molecular formula is C29H34N2O2S.